The number of nitrogens with two attached hydrogens (primary N) is 1. The van der Waals surface area contributed by atoms with Crippen molar-refractivity contribution in [2.75, 3.05) is 7.11 Å². The van der Waals surface area contributed by atoms with E-state index in [0.29, 0.717) is 11.7 Å². The Bertz CT molecular complexity index is 283. The van der Waals surface area contributed by atoms with Crippen LogP contribution in [0.15, 0.2) is 4.52 Å². The standard InChI is InChI=1S/C8H15N3O3/c1-4-8(2,12-3)7-10-6(5-13-9)14-11-7/h4-5,9H2,1-3H3. The van der Waals surface area contributed by atoms with Gasteiger partial charge in [0.05, 0.1) is 0 Å². The van der Waals surface area contributed by atoms with E-state index in [0.717, 1.165) is 6.42 Å². The highest BCUT2D eigenvalue weighted by Crippen LogP contribution is 2.25. The highest BCUT2D eigenvalue weighted by atomic mass is 16.6. The summed E-state index contributed by atoms with van der Waals surface area (Å²) in [7, 11) is 1.61. The van der Waals surface area contributed by atoms with Crippen LogP contribution in [0.25, 0.3) is 0 Å². The molecule has 14 heavy (non-hydrogen) atoms. The molecule has 0 fully saturated rings. The first-order valence-corrected chi connectivity index (χ1v) is 4.36. The zero-order valence-electron chi connectivity index (χ0n) is 8.61. The van der Waals surface area contributed by atoms with Crippen LogP contribution in [0.3, 0.4) is 0 Å². The number of hydrogen-bond acceptors (Lipinski definition) is 6. The maximum absolute atomic E-state index is 5.31. The summed E-state index contributed by atoms with van der Waals surface area (Å²) in [6, 6.07) is 0. The minimum Gasteiger partial charge on any atom is -0.370 e. The molecular weight excluding hydrogens is 186 g/mol. The molecule has 0 saturated carbocycles. The van der Waals surface area contributed by atoms with E-state index < -0.39 is 5.60 Å². The zero-order chi connectivity index (χ0) is 10.6. The predicted molar refractivity (Wildman–Crippen MR) is 47.9 cm³/mol. The molecule has 0 aliphatic rings. The summed E-state index contributed by atoms with van der Waals surface area (Å²) in [6.45, 7) is 3.99. The minimum atomic E-state index is -0.518. The van der Waals surface area contributed by atoms with Crippen LogP contribution >= 0.6 is 0 Å². The van der Waals surface area contributed by atoms with Crippen molar-refractivity contribution >= 4 is 0 Å². The van der Waals surface area contributed by atoms with Gasteiger partial charge in [-0.05, 0) is 13.3 Å². The lowest BCUT2D eigenvalue weighted by Gasteiger charge is -2.21. The van der Waals surface area contributed by atoms with Crippen LogP contribution in [0.5, 0.6) is 0 Å². The Morgan fingerprint density at radius 1 is 1.57 bits per heavy atom. The quantitative estimate of drug-likeness (QED) is 0.707. The van der Waals surface area contributed by atoms with Gasteiger partial charge in [0.2, 0.25) is 5.82 Å². The van der Waals surface area contributed by atoms with Crippen molar-refractivity contribution in [2.24, 2.45) is 5.90 Å². The number of methoxy groups -OCH3 is 1. The molecule has 0 spiro atoms. The lowest BCUT2D eigenvalue weighted by atomic mass is 10.0. The van der Waals surface area contributed by atoms with E-state index in [4.69, 9.17) is 15.2 Å². The average Bonchev–Trinajstić information content (AvgIpc) is 2.66. The smallest absolute Gasteiger partial charge is 0.254 e. The largest absolute Gasteiger partial charge is 0.370 e. The van der Waals surface area contributed by atoms with E-state index in [1.54, 1.807) is 7.11 Å². The third kappa shape index (κ3) is 2.09. The maximum Gasteiger partial charge on any atom is 0.254 e. The Hall–Kier alpha value is -0.980. The maximum atomic E-state index is 5.31. The molecule has 0 aromatic carbocycles. The van der Waals surface area contributed by atoms with E-state index >= 15 is 0 Å². The zero-order valence-corrected chi connectivity index (χ0v) is 8.61. The van der Waals surface area contributed by atoms with Gasteiger partial charge in [0, 0.05) is 7.11 Å². The van der Waals surface area contributed by atoms with Crippen LogP contribution in [-0.2, 0) is 21.8 Å². The molecule has 0 radical (unpaired) electrons. The molecule has 1 aromatic rings. The Morgan fingerprint density at radius 2 is 2.29 bits per heavy atom. The van der Waals surface area contributed by atoms with Crippen molar-refractivity contribution in [2.45, 2.75) is 32.5 Å². The molecular formula is C8H15N3O3. The van der Waals surface area contributed by atoms with Gasteiger partial charge in [0.25, 0.3) is 5.89 Å². The molecule has 0 aliphatic heterocycles. The second-order valence-corrected chi connectivity index (χ2v) is 3.11. The third-order valence-corrected chi connectivity index (χ3v) is 2.27. The van der Waals surface area contributed by atoms with Crippen LogP contribution < -0.4 is 5.90 Å². The van der Waals surface area contributed by atoms with E-state index in [9.17, 15) is 0 Å². The molecule has 0 aliphatic carbocycles. The van der Waals surface area contributed by atoms with E-state index in [-0.39, 0.29) is 6.61 Å². The monoisotopic (exact) mass is 201 g/mol. The van der Waals surface area contributed by atoms with Gasteiger partial charge in [-0.15, -0.1) is 0 Å². The SMILES string of the molecule is CCC(C)(OC)c1noc(CON)n1. The van der Waals surface area contributed by atoms with Crippen molar-refractivity contribution in [1.29, 1.82) is 0 Å². The molecule has 0 bridgehead atoms. The minimum absolute atomic E-state index is 0.108. The molecule has 1 atom stereocenters. The van der Waals surface area contributed by atoms with Gasteiger partial charge in [-0.25, -0.2) is 5.90 Å². The molecule has 2 N–H and O–H groups in total. The molecule has 1 rings (SSSR count). The summed E-state index contributed by atoms with van der Waals surface area (Å²) in [5.74, 6) is 5.74. The summed E-state index contributed by atoms with van der Waals surface area (Å²) < 4.78 is 10.2. The summed E-state index contributed by atoms with van der Waals surface area (Å²) in [5.41, 5.74) is -0.518. The van der Waals surface area contributed by atoms with Crippen molar-refractivity contribution < 1.29 is 14.1 Å². The van der Waals surface area contributed by atoms with Gasteiger partial charge >= 0.3 is 0 Å². The highest BCUT2D eigenvalue weighted by Gasteiger charge is 2.29. The van der Waals surface area contributed by atoms with Crippen LogP contribution in [0.4, 0.5) is 0 Å². The summed E-state index contributed by atoms with van der Waals surface area (Å²) in [5, 5.41) is 3.80. The second-order valence-electron chi connectivity index (χ2n) is 3.11. The van der Waals surface area contributed by atoms with Crippen molar-refractivity contribution in [3.63, 3.8) is 0 Å². The lowest BCUT2D eigenvalue weighted by Crippen LogP contribution is -2.24. The van der Waals surface area contributed by atoms with Crippen LogP contribution in [0, 0.1) is 0 Å². The number of ether oxygens (including phenoxy) is 1. The van der Waals surface area contributed by atoms with E-state index in [2.05, 4.69) is 15.0 Å². The van der Waals surface area contributed by atoms with Gasteiger partial charge in [0.1, 0.15) is 12.2 Å². The molecule has 0 amide bonds. The van der Waals surface area contributed by atoms with Gasteiger partial charge in [0.15, 0.2) is 0 Å². The Labute approximate surface area is 82.3 Å². The van der Waals surface area contributed by atoms with E-state index in [1.165, 1.54) is 0 Å². The summed E-state index contributed by atoms with van der Waals surface area (Å²) in [4.78, 5) is 8.49. The van der Waals surface area contributed by atoms with Gasteiger partial charge in [-0.3, -0.25) is 4.84 Å². The molecule has 1 aromatic heterocycles. The Morgan fingerprint density at radius 3 is 2.79 bits per heavy atom. The molecule has 80 valence electrons. The fraction of sp³-hybridized carbons (Fsp3) is 0.750. The van der Waals surface area contributed by atoms with Crippen LogP contribution in [0.2, 0.25) is 0 Å². The first-order chi connectivity index (χ1) is 6.66. The highest BCUT2D eigenvalue weighted by molar-refractivity contribution is 4.98. The number of aromatic nitrogens is 2. The molecule has 0 saturated heterocycles. The van der Waals surface area contributed by atoms with Crippen LogP contribution in [0.1, 0.15) is 32.0 Å². The fourth-order valence-electron chi connectivity index (χ4n) is 0.993. The number of rotatable bonds is 5. The second kappa shape index (κ2) is 4.50. The van der Waals surface area contributed by atoms with Crippen molar-refractivity contribution in [1.82, 2.24) is 10.1 Å². The Kier molecular flexibility index (Phi) is 3.56. The molecule has 6 heteroatoms. The first-order valence-electron chi connectivity index (χ1n) is 4.36. The van der Waals surface area contributed by atoms with Gasteiger partial charge in [-0.1, -0.05) is 12.1 Å². The Balaban J connectivity index is 2.84. The van der Waals surface area contributed by atoms with Crippen molar-refractivity contribution in [3.8, 4) is 0 Å². The van der Waals surface area contributed by atoms with Crippen molar-refractivity contribution in [3.05, 3.63) is 11.7 Å². The number of nitrogens with zero attached hydrogens (tertiary/aromatic N) is 2. The summed E-state index contributed by atoms with van der Waals surface area (Å²) in [6.07, 6.45) is 0.756. The fourth-order valence-corrected chi connectivity index (χ4v) is 0.993. The van der Waals surface area contributed by atoms with Gasteiger partial charge < -0.3 is 9.26 Å². The summed E-state index contributed by atoms with van der Waals surface area (Å²) >= 11 is 0. The first kappa shape index (κ1) is 11.1. The van der Waals surface area contributed by atoms with Crippen LogP contribution in [-0.4, -0.2) is 17.3 Å². The molecule has 6 nitrogen and oxygen atoms in total. The predicted octanol–water partition coefficient (Wildman–Crippen LogP) is 0.732. The molecule has 1 heterocycles. The van der Waals surface area contributed by atoms with E-state index in [1.807, 2.05) is 13.8 Å². The molecule has 1 unspecified atom stereocenters. The van der Waals surface area contributed by atoms with Gasteiger partial charge in [-0.2, -0.15) is 4.98 Å². The number of hydrogen-bond donors (Lipinski definition) is 1. The normalized spacial score (nSPS) is 15.4. The lowest BCUT2D eigenvalue weighted by molar-refractivity contribution is -0.0106. The third-order valence-electron chi connectivity index (χ3n) is 2.27. The average molecular weight is 201 g/mol. The topological polar surface area (TPSA) is 83.4 Å².